The van der Waals surface area contributed by atoms with E-state index < -0.39 is 11.6 Å². The summed E-state index contributed by atoms with van der Waals surface area (Å²) < 4.78 is 32.3. The number of halogens is 2. The molecule has 0 saturated carbocycles. The van der Waals surface area contributed by atoms with Gasteiger partial charge in [-0.15, -0.1) is 0 Å². The summed E-state index contributed by atoms with van der Waals surface area (Å²) in [6, 6.07) is 9.80. The number of methoxy groups -OCH3 is 1. The number of rotatable bonds is 2. The van der Waals surface area contributed by atoms with Crippen molar-refractivity contribution in [3.8, 4) is 16.9 Å². The third kappa shape index (κ3) is 2.28. The van der Waals surface area contributed by atoms with E-state index in [0.717, 1.165) is 5.56 Å². The third-order valence-electron chi connectivity index (χ3n) is 2.50. The van der Waals surface area contributed by atoms with Gasteiger partial charge in [0.15, 0.2) is 0 Å². The molecule has 0 bridgehead atoms. The molecule has 0 heterocycles. The van der Waals surface area contributed by atoms with Crippen molar-refractivity contribution < 1.29 is 13.5 Å². The maximum atomic E-state index is 13.7. The molecule has 0 fully saturated rings. The highest BCUT2D eigenvalue weighted by Gasteiger charge is 2.11. The van der Waals surface area contributed by atoms with E-state index >= 15 is 0 Å². The molecule has 0 saturated heterocycles. The van der Waals surface area contributed by atoms with Gasteiger partial charge in [0.25, 0.3) is 0 Å². The van der Waals surface area contributed by atoms with Crippen LogP contribution in [0.2, 0.25) is 0 Å². The van der Waals surface area contributed by atoms with E-state index in [0.29, 0.717) is 5.75 Å². The minimum Gasteiger partial charge on any atom is -0.497 e. The summed E-state index contributed by atoms with van der Waals surface area (Å²) in [7, 11) is 1.48. The predicted molar refractivity (Wildman–Crippen MR) is 61.9 cm³/mol. The molecule has 0 spiro atoms. The van der Waals surface area contributed by atoms with E-state index in [1.807, 2.05) is 0 Å². The molecule has 2 aromatic carbocycles. The molecule has 17 heavy (non-hydrogen) atoms. The van der Waals surface area contributed by atoms with E-state index in [2.05, 4.69) is 6.07 Å². The highest BCUT2D eigenvalue weighted by molar-refractivity contribution is 5.67. The van der Waals surface area contributed by atoms with Crippen LogP contribution >= 0.6 is 0 Å². The first-order chi connectivity index (χ1) is 8.11. The number of ether oxygens (including phenoxy) is 1. The molecule has 0 aliphatic heterocycles. The standard InChI is InChI=1S/C14H11F2O/c1-9-3-5-13(15)11(7-9)12-8-10(17-2)4-6-14(12)16/h3-4,6-8H,1-2H3. The second-order valence-corrected chi connectivity index (χ2v) is 3.75. The van der Waals surface area contributed by atoms with Crippen molar-refractivity contribution in [2.45, 2.75) is 6.92 Å². The average molecular weight is 233 g/mol. The van der Waals surface area contributed by atoms with Crippen LogP contribution in [-0.4, -0.2) is 7.11 Å². The Morgan fingerprint density at radius 2 is 1.88 bits per heavy atom. The van der Waals surface area contributed by atoms with Crippen LogP contribution in [0.3, 0.4) is 0 Å². The molecule has 0 amide bonds. The van der Waals surface area contributed by atoms with Gasteiger partial charge in [0.05, 0.1) is 7.11 Å². The average Bonchev–Trinajstić information content (AvgIpc) is 2.33. The Morgan fingerprint density at radius 3 is 2.59 bits per heavy atom. The molecule has 1 nitrogen and oxygen atoms in total. The lowest BCUT2D eigenvalue weighted by atomic mass is 10.0. The van der Waals surface area contributed by atoms with Gasteiger partial charge in [-0.05, 0) is 42.8 Å². The normalized spacial score (nSPS) is 10.4. The number of aryl methyl sites for hydroxylation is 1. The Hall–Kier alpha value is -1.90. The van der Waals surface area contributed by atoms with Gasteiger partial charge in [0.1, 0.15) is 17.4 Å². The number of benzene rings is 2. The monoisotopic (exact) mass is 233 g/mol. The molecule has 0 atom stereocenters. The summed E-state index contributed by atoms with van der Waals surface area (Å²) in [6.07, 6.45) is 0. The van der Waals surface area contributed by atoms with Gasteiger partial charge < -0.3 is 4.74 Å². The van der Waals surface area contributed by atoms with Crippen molar-refractivity contribution in [3.05, 3.63) is 53.6 Å². The van der Waals surface area contributed by atoms with Crippen LogP contribution in [0.5, 0.6) is 5.75 Å². The number of hydrogen-bond acceptors (Lipinski definition) is 1. The molecule has 0 aliphatic rings. The smallest absolute Gasteiger partial charge is 0.139 e. The van der Waals surface area contributed by atoms with Gasteiger partial charge in [-0.2, -0.15) is 0 Å². The van der Waals surface area contributed by atoms with Crippen LogP contribution in [0.4, 0.5) is 8.78 Å². The summed E-state index contributed by atoms with van der Waals surface area (Å²) in [5, 5.41) is 0. The van der Waals surface area contributed by atoms with Crippen molar-refractivity contribution in [2.24, 2.45) is 0 Å². The minimum absolute atomic E-state index is 0.182. The Balaban J connectivity index is 2.62. The van der Waals surface area contributed by atoms with Gasteiger partial charge in [0.2, 0.25) is 0 Å². The summed E-state index contributed by atoms with van der Waals surface area (Å²) >= 11 is 0. The first-order valence-corrected chi connectivity index (χ1v) is 5.13. The largest absolute Gasteiger partial charge is 0.497 e. The molecule has 2 aromatic rings. The Morgan fingerprint density at radius 1 is 1.12 bits per heavy atom. The molecule has 3 heteroatoms. The van der Waals surface area contributed by atoms with Crippen LogP contribution in [0.15, 0.2) is 30.3 Å². The molecule has 0 aromatic heterocycles. The predicted octanol–water partition coefficient (Wildman–Crippen LogP) is 3.75. The van der Waals surface area contributed by atoms with Crippen LogP contribution in [0.25, 0.3) is 11.1 Å². The van der Waals surface area contributed by atoms with E-state index in [1.54, 1.807) is 13.0 Å². The Bertz CT molecular complexity index is 550. The molecule has 0 N–H and O–H groups in total. The summed E-state index contributed by atoms with van der Waals surface area (Å²) in [4.78, 5) is 0. The zero-order chi connectivity index (χ0) is 12.4. The van der Waals surface area contributed by atoms with E-state index in [4.69, 9.17) is 4.74 Å². The van der Waals surface area contributed by atoms with Gasteiger partial charge in [-0.1, -0.05) is 0 Å². The molecule has 0 aliphatic carbocycles. The summed E-state index contributed by atoms with van der Waals surface area (Å²) in [5.41, 5.74) is 1.20. The third-order valence-corrected chi connectivity index (χ3v) is 2.50. The lowest BCUT2D eigenvalue weighted by molar-refractivity contribution is 0.414. The molecular weight excluding hydrogens is 222 g/mol. The van der Waals surface area contributed by atoms with Crippen molar-refractivity contribution in [2.75, 3.05) is 7.11 Å². The first kappa shape index (κ1) is 11.6. The van der Waals surface area contributed by atoms with Crippen molar-refractivity contribution in [3.63, 3.8) is 0 Å². The fraction of sp³-hybridized carbons (Fsp3) is 0.143. The quantitative estimate of drug-likeness (QED) is 0.767. The van der Waals surface area contributed by atoms with Crippen LogP contribution in [-0.2, 0) is 0 Å². The molecule has 2 rings (SSSR count). The van der Waals surface area contributed by atoms with E-state index in [-0.39, 0.29) is 11.1 Å². The molecule has 0 unspecified atom stereocenters. The van der Waals surface area contributed by atoms with E-state index in [9.17, 15) is 8.78 Å². The van der Waals surface area contributed by atoms with Crippen molar-refractivity contribution in [1.29, 1.82) is 0 Å². The fourth-order valence-electron chi connectivity index (χ4n) is 1.62. The van der Waals surface area contributed by atoms with Gasteiger partial charge in [-0.3, -0.25) is 0 Å². The second kappa shape index (κ2) is 4.53. The highest BCUT2D eigenvalue weighted by Crippen LogP contribution is 2.29. The van der Waals surface area contributed by atoms with E-state index in [1.165, 1.54) is 31.4 Å². The first-order valence-electron chi connectivity index (χ1n) is 5.13. The van der Waals surface area contributed by atoms with Gasteiger partial charge in [-0.25, -0.2) is 8.78 Å². The van der Waals surface area contributed by atoms with Crippen LogP contribution < -0.4 is 4.74 Å². The lowest BCUT2D eigenvalue weighted by Gasteiger charge is -2.08. The summed E-state index contributed by atoms with van der Waals surface area (Å²) in [5.74, 6) is -0.561. The molecule has 1 radical (unpaired) electrons. The van der Waals surface area contributed by atoms with Crippen molar-refractivity contribution in [1.82, 2.24) is 0 Å². The highest BCUT2D eigenvalue weighted by atomic mass is 19.1. The lowest BCUT2D eigenvalue weighted by Crippen LogP contribution is -1.92. The van der Waals surface area contributed by atoms with Gasteiger partial charge in [0, 0.05) is 17.2 Å². The fourth-order valence-corrected chi connectivity index (χ4v) is 1.62. The maximum absolute atomic E-state index is 13.7. The zero-order valence-corrected chi connectivity index (χ0v) is 9.55. The Labute approximate surface area is 98.7 Å². The number of hydrogen-bond donors (Lipinski definition) is 0. The topological polar surface area (TPSA) is 9.23 Å². The second-order valence-electron chi connectivity index (χ2n) is 3.75. The minimum atomic E-state index is -0.567. The Kier molecular flexibility index (Phi) is 3.09. The molecular formula is C14H11F2O. The maximum Gasteiger partial charge on any atom is 0.139 e. The van der Waals surface area contributed by atoms with Crippen LogP contribution in [0, 0.1) is 24.6 Å². The van der Waals surface area contributed by atoms with Crippen molar-refractivity contribution >= 4 is 0 Å². The van der Waals surface area contributed by atoms with Gasteiger partial charge >= 0.3 is 0 Å². The molecule has 87 valence electrons. The zero-order valence-electron chi connectivity index (χ0n) is 9.55. The van der Waals surface area contributed by atoms with Crippen LogP contribution in [0.1, 0.15) is 5.56 Å². The summed E-state index contributed by atoms with van der Waals surface area (Å²) in [6.45, 7) is 1.80. The SMILES string of the molecule is COc1ccc(F)c(-c2cc(C)c[c]c2F)c1.